The molecule has 0 amide bonds. The molecule has 0 aliphatic heterocycles. The predicted octanol–water partition coefficient (Wildman–Crippen LogP) is 4.16. The Balaban J connectivity index is 2.27. The van der Waals surface area contributed by atoms with Gasteiger partial charge in [-0.1, -0.05) is 55.5 Å². The van der Waals surface area contributed by atoms with Crippen molar-refractivity contribution in [2.75, 3.05) is 25.0 Å². The zero-order chi connectivity index (χ0) is 15.1. The van der Waals surface area contributed by atoms with Crippen LogP contribution in [0.3, 0.4) is 0 Å². The Hall–Kier alpha value is -1.39. The lowest BCUT2D eigenvalue weighted by Crippen LogP contribution is -2.17. The molecule has 1 heterocycles. The van der Waals surface area contributed by atoms with E-state index in [1.165, 1.54) is 10.4 Å². The first-order valence-corrected chi connectivity index (χ1v) is 8.54. The summed E-state index contributed by atoms with van der Waals surface area (Å²) < 4.78 is 0. The molecule has 0 saturated heterocycles. The molecule has 0 saturated carbocycles. The van der Waals surface area contributed by atoms with Gasteiger partial charge in [-0.2, -0.15) is 0 Å². The van der Waals surface area contributed by atoms with Gasteiger partial charge in [0.2, 0.25) is 0 Å². The Kier molecular flexibility index (Phi) is 6.21. The quantitative estimate of drug-likeness (QED) is 0.742. The van der Waals surface area contributed by atoms with Gasteiger partial charge in [-0.05, 0) is 19.4 Å². The van der Waals surface area contributed by atoms with Crippen molar-refractivity contribution in [1.29, 1.82) is 0 Å². The Morgan fingerprint density at radius 3 is 2.57 bits per heavy atom. The molecule has 0 unspecified atom stereocenters. The standard InChI is InChI=1S/C17H25N3S/c1-4-11-18-13-15-16(14-9-7-6-8-10-14)19-17(21-15)20(3)12-5-2/h6-10,18H,4-5,11-13H2,1-3H3. The minimum absolute atomic E-state index is 0.899. The van der Waals surface area contributed by atoms with Gasteiger partial charge in [0.25, 0.3) is 0 Å². The summed E-state index contributed by atoms with van der Waals surface area (Å²) in [5.74, 6) is 0. The van der Waals surface area contributed by atoms with Crippen LogP contribution >= 0.6 is 11.3 Å². The van der Waals surface area contributed by atoms with E-state index in [2.05, 4.69) is 61.4 Å². The Bertz CT molecular complexity index is 536. The fraction of sp³-hybridized carbons (Fsp3) is 0.471. The predicted molar refractivity (Wildman–Crippen MR) is 93.1 cm³/mol. The van der Waals surface area contributed by atoms with Crippen LogP contribution in [0.5, 0.6) is 0 Å². The first kappa shape index (κ1) is 16.0. The maximum atomic E-state index is 4.88. The van der Waals surface area contributed by atoms with Crippen LogP contribution in [0.1, 0.15) is 31.6 Å². The number of nitrogens with zero attached hydrogens (tertiary/aromatic N) is 2. The molecule has 0 aliphatic rings. The highest BCUT2D eigenvalue weighted by Gasteiger charge is 2.14. The molecule has 0 bridgehead atoms. The zero-order valence-electron chi connectivity index (χ0n) is 13.2. The normalized spacial score (nSPS) is 10.8. The maximum Gasteiger partial charge on any atom is 0.185 e. The van der Waals surface area contributed by atoms with Crippen LogP contribution in [-0.4, -0.2) is 25.1 Å². The van der Waals surface area contributed by atoms with Crippen LogP contribution in [0, 0.1) is 0 Å². The molecule has 114 valence electrons. The highest BCUT2D eigenvalue weighted by atomic mass is 32.1. The van der Waals surface area contributed by atoms with Crippen LogP contribution in [0.15, 0.2) is 30.3 Å². The number of aromatic nitrogens is 1. The summed E-state index contributed by atoms with van der Waals surface area (Å²) in [4.78, 5) is 8.46. The highest BCUT2D eigenvalue weighted by molar-refractivity contribution is 7.16. The second-order valence-corrected chi connectivity index (χ2v) is 6.29. The number of anilines is 1. The molecule has 0 spiro atoms. The van der Waals surface area contributed by atoms with Crippen molar-refractivity contribution < 1.29 is 0 Å². The minimum Gasteiger partial charge on any atom is -0.351 e. The Labute approximate surface area is 132 Å². The van der Waals surface area contributed by atoms with E-state index in [-0.39, 0.29) is 0 Å². The van der Waals surface area contributed by atoms with Crippen molar-refractivity contribution in [3.63, 3.8) is 0 Å². The average Bonchev–Trinajstić information content (AvgIpc) is 2.93. The van der Waals surface area contributed by atoms with Gasteiger partial charge in [-0.3, -0.25) is 0 Å². The third kappa shape index (κ3) is 4.29. The third-order valence-electron chi connectivity index (χ3n) is 3.33. The van der Waals surface area contributed by atoms with Crippen molar-refractivity contribution in [3.05, 3.63) is 35.2 Å². The summed E-state index contributed by atoms with van der Waals surface area (Å²) >= 11 is 1.81. The van der Waals surface area contributed by atoms with E-state index in [1.54, 1.807) is 11.3 Å². The largest absolute Gasteiger partial charge is 0.351 e. The molecule has 0 radical (unpaired) electrons. The monoisotopic (exact) mass is 303 g/mol. The SMILES string of the molecule is CCCNCc1sc(N(C)CCC)nc1-c1ccccc1. The van der Waals surface area contributed by atoms with Gasteiger partial charge >= 0.3 is 0 Å². The maximum absolute atomic E-state index is 4.88. The van der Waals surface area contributed by atoms with Crippen molar-refractivity contribution in [2.45, 2.75) is 33.2 Å². The Morgan fingerprint density at radius 2 is 1.90 bits per heavy atom. The smallest absolute Gasteiger partial charge is 0.185 e. The second-order valence-electron chi connectivity index (χ2n) is 5.23. The molecule has 4 heteroatoms. The van der Waals surface area contributed by atoms with E-state index >= 15 is 0 Å². The van der Waals surface area contributed by atoms with Crippen molar-refractivity contribution in [1.82, 2.24) is 10.3 Å². The summed E-state index contributed by atoms with van der Waals surface area (Å²) in [5, 5.41) is 4.61. The zero-order valence-corrected chi connectivity index (χ0v) is 14.0. The lowest BCUT2D eigenvalue weighted by Gasteiger charge is -2.13. The summed E-state index contributed by atoms with van der Waals surface area (Å²) in [6, 6.07) is 10.5. The lowest BCUT2D eigenvalue weighted by atomic mass is 10.1. The topological polar surface area (TPSA) is 28.2 Å². The first-order chi connectivity index (χ1) is 10.3. The fourth-order valence-electron chi connectivity index (χ4n) is 2.25. The van der Waals surface area contributed by atoms with Crippen molar-refractivity contribution in [2.24, 2.45) is 0 Å². The van der Waals surface area contributed by atoms with Gasteiger partial charge in [0.15, 0.2) is 5.13 Å². The second kappa shape index (κ2) is 8.15. The summed E-state index contributed by atoms with van der Waals surface area (Å²) in [7, 11) is 2.13. The van der Waals surface area contributed by atoms with E-state index in [1.807, 2.05) is 0 Å². The molecule has 0 atom stereocenters. The number of thiazole rings is 1. The van der Waals surface area contributed by atoms with Crippen LogP contribution in [0.4, 0.5) is 5.13 Å². The van der Waals surface area contributed by atoms with Gasteiger partial charge in [0.1, 0.15) is 0 Å². The Morgan fingerprint density at radius 1 is 1.14 bits per heavy atom. The molecule has 0 fully saturated rings. The molecule has 2 rings (SSSR count). The summed E-state index contributed by atoms with van der Waals surface area (Å²) in [6.45, 7) is 7.38. The van der Waals surface area contributed by atoms with E-state index in [0.29, 0.717) is 0 Å². The number of rotatable bonds is 8. The number of hydrogen-bond donors (Lipinski definition) is 1. The molecule has 1 N–H and O–H groups in total. The summed E-state index contributed by atoms with van der Waals surface area (Å²) in [5.41, 5.74) is 2.33. The van der Waals surface area contributed by atoms with Gasteiger partial charge in [-0.15, -0.1) is 0 Å². The molecule has 2 aromatic rings. The molecular formula is C17H25N3S. The average molecular weight is 303 g/mol. The van der Waals surface area contributed by atoms with Crippen LogP contribution < -0.4 is 10.2 Å². The lowest BCUT2D eigenvalue weighted by molar-refractivity contribution is 0.681. The van der Waals surface area contributed by atoms with Gasteiger partial charge in [0.05, 0.1) is 5.69 Å². The summed E-state index contributed by atoms with van der Waals surface area (Å²) in [6.07, 6.45) is 2.29. The molecule has 0 aliphatic carbocycles. The van der Waals surface area contributed by atoms with Crippen LogP contribution in [0.25, 0.3) is 11.3 Å². The number of nitrogens with one attached hydrogen (secondary N) is 1. The van der Waals surface area contributed by atoms with Gasteiger partial charge < -0.3 is 10.2 Å². The van der Waals surface area contributed by atoms with E-state index in [0.717, 1.165) is 43.3 Å². The number of benzene rings is 1. The van der Waals surface area contributed by atoms with Gasteiger partial charge in [-0.25, -0.2) is 4.98 Å². The van der Waals surface area contributed by atoms with Crippen LogP contribution in [0.2, 0.25) is 0 Å². The number of hydrogen-bond acceptors (Lipinski definition) is 4. The third-order valence-corrected chi connectivity index (χ3v) is 4.50. The van der Waals surface area contributed by atoms with Gasteiger partial charge in [0, 0.05) is 30.6 Å². The molecule has 1 aromatic heterocycles. The van der Waals surface area contributed by atoms with E-state index in [4.69, 9.17) is 4.98 Å². The molecule has 21 heavy (non-hydrogen) atoms. The molecular weight excluding hydrogens is 278 g/mol. The van der Waals surface area contributed by atoms with Crippen molar-refractivity contribution >= 4 is 16.5 Å². The van der Waals surface area contributed by atoms with E-state index < -0.39 is 0 Å². The van der Waals surface area contributed by atoms with Crippen LogP contribution in [-0.2, 0) is 6.54 Å². The van der Waals surface area contributed by atoms with E-state index in [9.17, 15) is 0 Å². The highest BCUT2D eigenvalue weighted by Crippen LogP contribution is 2.32. The first-order valence-electron chi connectivity index (χ1n) is 7.73. The molecule has 1 aromatic carbocycles. The molecule has 3 nitrogen and oxygen atoms in total. The fourth-order valence-corrected chi connectivity index (χ4v) is 3.29. The van der Waals surface area contributed by atoms with Crippen molar-refractivity contribution in [3.8, 4) is 11.3 Å². The minimum atomic E-state index is 0.899.